The first-order chi connectivity index (χ1) is 14.5. The zero-order chi connectivity index (χ0) is 21.8. The molecule has 1 amide bonds. The monoisotopic (exact) mass is 538 g/mol. The number of nitrogens with zero attached hydrogens (tertiary/aromatic N) is 1. The lowest BCUT2D eigenvalue weighted by Gasteiger charge is -2.12. The Hall–Kier alpha value is -2.29. The number of aliphatic imine (C=N–C) groups is 1. The largest absolute Gasteiger partial charge is 0.484 e. The molecular formula is C24H35IN4O2. The van der Waals surface area contributed by atoms with Crippen molar-refractivity contribution in [2.24, 2.45) is 4.99 Å². The van der Waals surface area contributed by atoms with Crippen molar-refractivity contribution in [1.82, 2.24) is 16.0 Å². The summed E-state index contributed by atoms with van der Waals surface area (Å²) >= 11 is 0. The zero-order valence-electron chi connectivity index (χ0n) is 19.0. The van der Waals surface area contributed by atoms with Crippen LogP contribution in [0.1, 0.15) is 36.1 Å². The molecule has 3 N–H and O–H groups in total. The summed E-state index contributed by atoms with van der Waals surface area (Å²) in [7, 11) is 0. The van der Waals surface area contributed by atoms with Crippen LogP contribution in [0.2, 0.25) is 0 Å². The number of aryl methyl sites for hydroxylation is 2. The van der Waals surface area contributed by atoms with Crippen molar-refractivity contribution in [3.05, 3.63) is 64.7 Å². The highest BCUT2D eigenvalue weighted by Crippen LogP contribution is 2.14. The highest BCUT2D eigenvalue weighted by Gasteiger charge is 2.03. The van der Waals surface area contributed by atoms with Crippen LogP contribution in [-0.2, 0) is 17.8 Å². The SMILES string of the molecule is CCNC(=O)COc1cccc(CN=C(NCC)NCCc2cc(C)cc(C)c2)c1.I. The Morgan fingerprint density at radius 1 is 0.935 bits per heavy atom. The molecule has 0 radical (unpaired) electrons. The number of hydrogen-bond acceptors (Lipinski definition) is 3. The van der Waals surface area contributed by atoms with Gasteiger partial charge in [-0.25, -0.2) is 4.99 Å². The van der Waals surface area contributed by atoms with E-state index in [1.54, 1.807) is 0 Å². The summed E-state index contributed by atoms with van der Waals surface area (Å²) in [5.41, 5.74) is 4.93. The maximum absolute atomic E-state index is 11.6. The molecule has 0 saturated carbocycles. The molecule has 2 rings (SSSR count). The van der Waals surface area contributed by atoms with Gasteiger partial charge >= 0.3 is 0 Å². The van der Waals surface area contributed by atoms with Crippen LogP contribution in [0.4, 0.5) is 0 Å². The van der Waals surface area contributed by atoms with Gasteiger partial charge in [0, 0.05) is 19.6 Å². The molecule has 0 aromatic heterocycles. The Balaban J connectivity index is 0.00000480. The molecule has 2 aromatic rings. The van der Waals surface area contributed by atoms with Gasteiger partial charge in [0.1, 0.15) is 5.75 Å². The van der Waals surface area contributed by atoms with Gasteiger partial charge in [-0.15, -0.1) is 24.0 Å². The second-order valence-electron chi connectivity index (χ2n) is 7.26. The molecule has 0 bridgehead atoms. The lowest BCUT2D eigenvalue weighted by atomic mass is 10.1. The standard InChI is InChI=1S/C24H34N4O2.HI/c1-5-25-23(29)17-30-22-9-7-8-21(15-22)16-28-24(26-6-2)27-11-10-20-13-18(3)12-19(4)14-20;/h7-9,12-15H,5-6,10-11,16-17H2,1-4H3,(H,25,29)(H2,26,27,28);1H. The number of amides is 1. The fourth-order valence-corrected chi connectivity index (χ4v) is 3.18. The van der Waals surface area contributed by atoms with E-state index in [0.29, 0.717) is 18.8 Å². The van der Waals surface area contributed by atoms with Gasteiger partial charge in [0.25, 0.3) is 5.91 Å². The fourth-order valence-electron chi connectivity index (χ4n) is 3.18. The van der Waals surface area contributed by atoms with Crippen LogP contribution >= 0.6 is 24.0 Å². The third-order valence-corrected chi connectivity index (χ3v) is 4.39. The van der Waals surface area contributed by atoms with E-state index in [2.05, 4.69) is 59.9 Å². The number of benzene rings is 2. The second-order valence-corrected chi connectivity index (χ2v) is 7.26. The summed E-state index contributed by atoms with van der Waals surface area (Å²) < 4.78 is 5.56. The van der Waals surface area contributed by atoms with Crippen molar-refractivity contribution < 1.29 is 9.53 Å². The smallest absolute Gasteiger partial charge is 0.257 e. The van der Waals surface area contributed by atoms with E-state index in [1.807, 2.05) is 31.2 Å². The molecule has 0 aliphatic carbocycles. The van der Waals surface area contributed by atoms with Crippen LogP contribution < -0.4 is 20.7 Å². The Morgan fingerprint density at radius 2 is 1.65 bits per heavy atom. The highest BCUT2D eigenvalue weighted by atomic mass is 127. The summed E-state index contributed by atoms with van der Waals surface area (Å²) in [5.74, 6) is 1.33. The summed E-state index contributed by atoms with van der Waals surface area (Å²) in [6.45, 7) is 10.9. The number of carbonyl (C=O) groups excluding carboxylic acids is 1. The van der Waals surface area contributed by atoms with E-state index >= 15 is 0 Å². The van der Waals surface area contributed by atoms with Crippen LogP contribution in [0.15, 0.2) is 47.5 Å². The summed E-state index contributed by atoms with van der Waals surface area (Å²) in [6, 6.07) is 14.3. The molecule has 2 aromatic carbocycles. The highest BCUT2D eigenvalue weighted by molar-refractivity contribution is 14.0. The third kappa shape index (κ3) is 10.5. The van der Waals surface area contributed by atoms with Crippen LogP contribution in [-0.4, -0.2) is 38.1 Å². The number of rotatable bonds is 10. The molecular weight excluding hydrogens is 503 g/mol. The molecule has 7 heteroatoms. The van der Waals surface area contributed by atoms with Crippen LogP contribution in [0, 0.1) is 13.8 Å². The quantitative estimate of drug-likeness (QED) is 0.245. The number of halogens is 1. The molecule has 170 valence electrons. The molecule has 0 saturated heterocycles. The Kier molecular flexibility index (Phi) is 12.7. The first-order valence-electron chi connectivity index (χ1n) is 10.6. The number of carbonyl (C=O) groups is 1. The minimum atomic E-state index is -0.122. The van der Waals surface area contributed by atoms with Crippen LogP contribution in [0.3, 0.4) is 0 Å². The van der Waals surface area contributed by atoms with Crippen molar-refractivity contribution in [1.29, 1.82) is 0 Å². The molecule has 0 aliphatic rings. The van der Waals surface area contributed by atoms with Gasteiger partial charge < -0.3 is 20.7 Å². The fraction of sp³-hybridized carbons (Fsp3) is 0.417. The molecule has 31 heavy (non-hydrogen) atoms. The molecule has 0 aliphatic heterocycles. The van der Waals surface area contributed by atoms with E-state index in [-0.39, 0.29) is 36.5 Å². The van der Waals surface area contributed by atoms with Gasteiger partial charge in [0.05, 0.1) is 6.54 Å². The van der Waals surface area contributed by atoms with Crippen molar-refractivity contribution in [2.45, 2.75) is 40.7 Å². The maximum Gasteiger partial charge on any atom is 0.257 e. The van der Waals surface area contributed by atoms with E-state index in [9.17, 15) is 4.79 Å². The molecule has 0 fully saturated rings. The van der Waals surface area contributed by atoms with Crippen molar-refractivity contribution >= 4 is 35.8 Å². The molecule has 0 spiro atoms. The average molecular weight is 538 g/mol. The number of guanidine groups is 1. The van der Waals surface area contributed by atoms with Gasteiger partial charge in [-0.05, 0) is 57.4 Å². The number of nitrogens with one attached hydrogen (secondary N) is 3. The Labute approximate surface area is 203 Å². The maximum atomic E-state index is 11.6. The minimum absolute atomic E-state index is 0. The van der Waals surface area contributed by atoms with Crippen LogP contribution in [0.25, 0.3) is 0 Å². The molecule has 6 nitrogen and oxygen atoms in total. The molecule has 0 heterocycles. The Morgan fingerprint density at radius 3 is 2.32 bits per heavy atom. The van der Waals surface area contributed by atoms with Gasteiger partial charge in [-0.3, -0.25) is 4.79 Å². The second kappa shape index (κ2) is 14.7. The van der Waals surface area contributed by atoms with E-state index < -0.39 is 0 Å². The zero-order valence-corrected chi connectivity index (χ0v) is 21.3. The van der Waals surface area contributed by atoms with Crippen molar-refractivity contribution in [3.63, 3.8) is 0 Å². The normalized spacial score (nSPS) is 10.8. The van der Waals surface area contributed by atoms with Gasteiger partial charge in [-0.2, -0.15) is 0 Å². The lowest BCUT2D eigenvalue weighted by molar-refractivity contribution is -0.122. The molecule has 0 atom stereocenters. The summed E-state index contributed by atoms with van der Waals surface area (Å²) in [6.07, 6.45) is 0.941. The predicted octanol–water partition coefficient (Wildman–Crippen LogP) is 3.73. The summed E-state index contributed by atoms with van der Waals surface area (Å²) in [4.78, 5) is 16.2. The number of hydrogen-bond donors (Lipinski definition) is 3. The van der Waals surface area contributed by atoms with E-state index in [0.717, 1.165) is 31.0 Å². The molecule has 0 unspecified atom stereocenters. The lowest BCUT2D eigenvalue weighted by Crippen LogP contribution is -2.38. The van der Waals surface area contributed by atoms with E-state index in [4.69, 9.17) is 4.74 Å². The first kappa shape index (κ1) is 26.7. The van der Waals surface area contributed by atoms with Crippen LogP contribution in [0.5, 0.6) is 5.75 Å². The Bertz CT molecular complexity index is 835. The predicted molar refractivity (Wildman–Crippen MR) is 138 cm³/mol. The van der Waals surface area contributed by atoms with Gasteiger partial charge in [0.2, 0.25) is 0 Å². The first-order valence-corrected chi connectivity index (χ1v) is 10.6. The topological polar surface area (TPSA) is 74.8 Å². The van der Waals surface area contributed by atoms with Gasteiger partial charge in [0.15, 0.2) is 12.6 Å². The number of likely N-dealkylation sites (N-methyl/N-ethyl adjacent to an activating group) is 1. The number of ether oxygens (including phenoxy) is 1. The van der Waals surface area contributed by atoms with Crippen molar-refractivity contribution in [2.75, 3.05) is 26.2 Å². The average Bonchev–Trinajstić information content (AvgIpc) is 2.70. The van der Waals surface area contributed by atoms with E-state index in [1.165, 1.54) is 16.7 Å². The van der Waals surface area contributed by atoms with Gasteiger partial charge in [-0.1, -0.05) is 41.5 Å². The third-order valence-electron chi connectivity index (χ3n) is 4.39. The van der Waals surface area contributed by atoms with Crippen molar-refractivity contribution in [3.8, 4) is 5.75 Å². The minimum Gasteiger partial charge on any atom is -0.484 e. The summed E-state index contributed by atoms with van der Waals surface area (Å²) in [5, 5.41) is 9.41.